The first-order valence-corrected chi connectivity index (χ1v) is 11.2. The van der Waals surface area contributed by atoms with Crippen molar-refractivity contribution < 1.29 is 8.42 Å². The number of sulfone groups is 1. The van der Waals surface area contributed by atoms with Crippen molar-refractivity contribution in [1.29, 1.82) is 0 Å². The maximum absolute atomic E-state index is 11.6. The van der Waals surface area contributed by atoms with Gasteiger partial charge in [0.2, 0.25) is 5.13 Å². The van der Waals surface area contributed by atoms with Gasteiger partial charge in [-0.15, -0.1) is 5.10 Å². The lowest BCUT2D eigenvalue weighted by atomic mass is 10.2. The van der Waals surface area contributed by atoms with E-state index < -0.39 is 9.84 Å². The molecule has 1 saturated heterocycles. The summed E-state index contributed by atoms with van der Waals surface area (Å²) in [7, 11) is -1.00. The van der Waals surface area contributed by atoms with Gasteiger partial charge in [-0.3, -0.25) is 4.90 Å². The first kappa shape index (κ1) is 18.8. The number of halogens is 1. The van der Waals surface area contributed by atoms with Gasteiger partial charge < -0.3 is 5.32 Å². The molecule has 25 heavy (non-hydrogen) atoms. The highest BCUT2D eigenvalue weighted by atomic mass is 35.5. The Labute approximate surface area is 161 Å². The van der Waals surface area contributed by atoms with E-state index in [1.165, 1.54) is 11.3 Å². The third-order valence-electron chi connectivity index (χ3n) is 4.22. The summed E-state index contributed by atoms with van der Waals surface area (Å²) >= 11 is 12.9. The molecule has 0 spiro atoms. The van der Waals surface area contributed by atoms with E-state index in [1.54, 1.807) is 4.68 Å². The van der Waals surface area contributed by atoms with Crippen molar-refractivity contribution in [2.75, 3.05) is 23.9 Å². The Kier molecular flexibility index (Phi) is 5.50. The molecule has 1 aliphatic rings. The summed E-state index contributed by atoms with van der Waals surface area (Å²) in [6.45, 7) is 2.41. The molecule has 1 aromatic carbocycles. The van der Waals surface area contributed by atoms with Gasteiger partial charge in [-0.2, -0.15) is 0 Å². The number of benzene rings is 1. The molecule has 10 heteroatoms. The fourth-order valence-electron chi connectivity index (χ4n) is 2.69. The van der Waals surface area contributed by atoms with Gasteiger partial charge in [-0.25, -0.2) is 13.1 Å². The first-order valence-electron chi connectivity index (χ1n) is 7.75. The zero-order valence-electron chi connectivity index (χ0n) is 13.9. The van der Waals surface area contributed by atoms with E-state index in [2.05, 4.69) is 10.4 Å². The predicted octanol–water partition coefficient (Wildman–Crippen LogP) is 3.46. The molecule has 136 valence electrons. The van der Waals surface area contributed by atoms with Gasteiger partial charge in [0, 0.05) is 16.8 Å². The van der Waals surface area contributed by atoms with Crippen LogP contribution >= 0.6 is 35.2 Å². The Bertz CT molecular complexity index is 938. The van der Waals surface area contributed by atoms with Crippen molar-refractivity contribution in [1.82, 2.24) is 14.7 Å². The van der Waals surface area contributed by atoms with E-state index in [9.17, 15) is 8.42 Å². The summed E-state index contributed by atoms with van der Waals surface area (Å²) in [5, 5.41) is 9.07. The highest BCUT2D eigenvalue weighted by Gasteiger charge is 2.30. The Morgan fingerprint density at radius 1 is 1.52 bits per heavy atom. The van der Waals surface area contributed by atoms with E-state index in [-0.39, 0.29) is 17.5 Å². The molecular formula is C15H19ClN4O2S3. The number of anilines is 2. The summed E-state index contributed by atoms with van der Waals surface area (Å²) in [6, 6.07) is 5.74. The van der Waals surface area contributed by atoms with Crippen LogP contribution < -0.4 is 5.32 Å². The van der Waals surface area contributed by atoms with Crippen LogP contribution in [0, 0.1) is 10.9 Å². The lowest BCUT2D eigenvalue weighted by molar-refractivity contribution is 0.198. The predicted molar refractivity (Wildman–Crippen MR) is 105 cm³/mol. The summed E-state index contributed by atoms with van der Waals surface area (Å²) in [5.41, 5.74) is 1.86. The fourth-order valence-corrected chi connectivity index (χ4v) is 5.69. The van der Waals surface area contributed by atoms with E-state index in [0.717, 1.165) is 11.3 Å². The minimum atomic E-state index is -2.91. The van der Waals surface area contributed by atoms with Gasteiger partial charge in [-0.05, 0) is 50.3 Å². The smallest absolute Gasteiger partial charge is 0.209 e. The van der Waals surface area contributed by atoms with Crippen LogP contribution in [-0.2, 0) is 16.5 Å². The van der Waals surface area contributed by atoms with Crippen LogP contribution in [0.1, 0.15) is 12.0 Å². The Balaban J connectivity index is 1.70. The molecule has 0 radical (unpaired) electrons. The Morgan fingerprint density at radius 2 is 2.28 bits per heavy atom. The number of aromatic nitrogens is 2. The molecule has 1 aromatic heterocycles. The van der Waals surface area contributed by atoms with Gasteiger partial charge in [0.1, 0.15) is 0 Å². The number of nitrogens with one attached hydrogen (secondary N) is 1. The summed E-state index contributed by atoms with van der Waals surface area (Å²) < 4.78 is 25.6. The van der Waals surface area contributed by atoms with Gasteiger partial charge in [0.25, 0.3) is 0 Å². The van der Waals surface area contributed by atoms with Crippen LogP contribution in [0.2, 0.25) is 5.02 Å². The maximum Gasteiger partial charge on any atom is 0.209 e. The van der Waals surface area contributed by atoms with Crippen molar-refractivity contribution in [2.45, 2.75) is 26.1 Å². The molecule has 1 fully saturated rings. The third-order valence-corrected chi connectivity index (χ3v) is 7.60. The number of aryl methyl sites for hydroxylation is 1. The number of hydrogen-bond donors (Lipinski definition) is 1. The standard InChI is InChI=1S/C15H19ClN4O2S3/c1-10-3-4-11(7-13(10)16)17-14-18-20(15(23)24-14)9-19(2)12-5-6-25(21,22)8-12/h3-4,7,12H,5-6,8-9H2,1-2H3,(H,17,18)/t12-/m1/s1. The van der Waals surface area contributed by atoms with Crippen molar-refractivity contribution >= 4 is 55.8 Å². The van der Waals surface area contributed by atoms with E-state index >= 15 is 0 Å². The average Bonchev–Trinajstić information content (AvgIpc) is 3.06. The highest BCUT2D eigenvalue weighted by Crippen LogP contribution is 2.25. The molecule has 0 saturated carbocycles. The van der Waals surface area contributed by atoms with Crippen LogP contribution in [0.15, 0.2) is 18.2 Å². The number of hydrogen-bond acceptors (Lipinski definition) is 7. The molecule has 1 aliphatic heterocycles. The van der Waals surface area contributed by atoms with Crippen LogP contribution in [0.4, 0.5) is 10.8 Å². The van der Waals surface area contributed by atoms with Crippen molar-refractivity contribution in [3.8, 4) is 0 Å². The average molecular weight is 419 g/mol. The largest absolute Gasteiger partial charge is 0.330 e. The van der Waals surface area contributed by atoms with Crippen LogP contribution in [0.5, 0.6) is 0 Å². The molecule has 6 nitrogen and oxygen atoms in total. The normalized spacial score (nSPS) is 19.4. The Hall–Kier alpha value is -1.00. The quantitative estimate of drug-likeness (QED) is 0.750. The topological polar surface area (TPSA) is 67.2 Å². The van der Waals surface area contributed by atoms with Gasteiger partial charge in [-0.1, -0.05) is 29.0 Å². The molecule has 0 amide bonds. The van der Waals surface area contributed by atoms with Crippen LogP contribution in [0.3, 0.4) is 0 Å². The zero-order chi connectivity index (χ0) is 18.2. The van der Waals surface area contributed by atoms with Crippen molar-refractivity contribution in [3.05, 3.63) is 32.7 Å². The molecule has 0 bridgehead atoms. The minimum absolute atomic E-state index is 0.0147. The second kappa shape index (κ2) is 7.32. The van der Waals surface area contributed by atoms with Gasteiger partial charge in [0.05, 0.1) is 18.2 Å². The maximum atomic E-state index is 11.6. The second-order valence-corrected chi connectivity index (χ2v) is 10.5. The molecule has 2 heterocycles. The molecule has 1 N–H and O–H groups in total. The Morgan fingerprint density at radius 3 is 2.92 bits per heavy atom. The second-order valence-electron chi connectivity index (χ2n) is 6.22. The third kappa shape index (κ3) is 4.59. The van der Waals surface area contributed by atoms with Crippen molar-refractivity contribution in [2.24, 2.45) is 0 Å². The van der Waals surface area contributed by atoms with Crippen molar-refractivity contribution in [3.63, 3.8) is 0 Å². The highest BCUT2D eigenvalue weighted by molar-refractivity contribution is 7.91. The fraction of sp³-hybridized carbons (Fsp3) is 0.467. The van der Waals surface area contributed by atoms with E-state index in [1.807, 2.05) is 37.1 Å². The SMILES string of the molecule is Cc1ccc(Nc2nn(CN(C)[C@@H]3CCS(=O)(=O)C3)c(=S)s2)cc1Cl. The van der Waals surface area contributed by atoms with Gasteiger partial charge in [0.15, 0.2) is 13.8 Å². The molecule has 2 aromatic rings. The zero-order valence-corrected chi connectivity index (χ0v) is 17.1. The summed E-state index contributed by atoms with van der Waals surface area (Å²) in [4.78, 5) is 1.99. The molecule has 1 atom stereocenters. The van der Waals surface area contributed by atoms with Gasteiger partial charge >= 0.3 is 0 Å². The summed E-state index contributed by atoms with van der Waals surface area (Å²) in [5.74, 6) is 0.458. The lowest BCUT2D eigenvalue weighted by Gasteiger charge is -2.22. The number of rotatable bonds is 5. The van der Waals surface area contributed by atoms with E-state index in [4.69, 9.17) is 23.8 Å². The van der Waals surface area contributed by atoms with E-state index in [0.29, 0.717) is 27.2 Å². The van der Waals surface area contributed by atoms with Crippen LogP contribution in [0.25, 0.3) is 0 Å². The molecular weight excluding hydrogens is 400 g/mol. The molecule has 3 rings (SSSR count). The van der Waals surface area contributed by atoms with Crippen LogP contribution in [-0.4, -0.2) is 47.7 Å². The lowest BCUT2D eigenvalue weighted by Crippen LogP contribution is -2.34. The summed E-state index contributed by atoms with van der Waals surface area (Å²) in [6.07, 6.45) is 0.656. The molecule has 0 aliphatic carbocycles. The first-order chi connectivity index (χ1) is 11.7. The number of nitrogens with zero attached hydrogens (tertiary/aromatic N) is 3. The minimum Gasteiger partial charge on any atom is -0.330 e. The monoisotopic (exact) mass is 418 g/mol. The molecule has 0 unspecified atom stereocenters.